The van der Waals surface area contributed by atoms with E-state index in [1.54, 1.807) is 0 Å². The summed E-state index contributed by atoms with van der Waals surface area (Å²) in [5.41, 5.74) is 6.82. The first-order valence-electron chi connectivity index (χ1n) is 4.78. The van der Waals surface area contributed by atoms with Crippen LogP contribution in [-0.2, 0) is 0 Å². The van der Waals surface area contributed by atoms with Gasteiger partial charge in [0.05, 0.1) is 6.04 Å². The molecule has 0 spiro atoms. The Morgan fingerprint density at radius 3 is 2.33 bits per heavy atom. The van der Waals surface area contributed by atoms with Gasteiger partial charge >= 0.3 is 0 Å². The summed E-state index contributed by atoms with van der Waals surface area (Å²) in [7, 11) is 0. The quantitative estimate of drug-likeness (QED) is 0.861. The lowest BCUT2D eigenvalue weighted by Crippen LogP contribution is -2.02. The molecule has 2 rings (SSSR count). The van der Waals surface area contributed by atoms with Gasteiger partial charge in [0, 0.05) is 9.13 Å². The van der Waals surface area contributed by atoms with Gasteiger partial charge in [0.25, 0.3) is 0 Å². The molecule has 0 saturated heterocycles. The molecule has 78 valence electrons. The first-order valence-corrected chi connectivity index (χ1v) is 5.86. The highest BCUT2D eigenvalue weighted by atomic mass is 127. The van der Waals surface area contributed by atoms with Crippen LogP contribution in [0, 0.1) is 3.57 Å². The molecule has 0 radical (unpaired) electrons. The van der Waals surface area contributed by atoms with Gasteiger partial charge in [-0.25, -0.2) is 0 Å². The Balaban J connectivity index is 2.33. The van der Waals surface area contributed by atoms with E-state index < -0.39 is 0 Å². The molecule has 2 nitrogen and oxygen atoms in total. The fraction of sp³-hybridized carbons (Fsp3) is 0.167. The summed E-state index contributed by atoms with van der Waals surface area (Å²) < 4.78 is 6.86. The van der Waals surface area contributed by atoms with Crippen LogP contribution in [-0.4, -0.2) is 0 Å². The highest BCUT2D eigenvalue weighted by Gasteiger charge is 2.07. The van der Waals surface area contributed by atoms with Crippen LogP contribution >= 0.6 is 22.6 Å². The maximum Gasteiger partial charge on any atom is 0.134 e. The second kappa shape index (κ2) is 4.37. The Labute approximate surface area is 103 Å². The predicted octanol–water partition coefficient (Wildman–Crippen LogP) is 3.57. The molecule has 1 heterocycles. The third-order valence-electron chi connectivity index (χ3n) is 2.20. The molecule has 0 amide bonds. The van der Waals surface area contributed by atoms with Crippen molar-refractivity contribution in [2.24, 2.45) is 5.73 Å². The summed E-state index contributed by atoms with van der Waals surface area (Å²) in [5, 5.41) is 0. The molecular weight excluding hydrogens is 301 g/mol. The zero-order valence-corrected chi connectivity index (χ0v) is 10.6. The average molecular weight is 313 g/mol. The first-order chi connectivity index (χ1) is 7.16. The second-order valence-corrected chi connectivity index (χ2v) is 4.74. The lowest BCUT2D eigenvalue weighted by atomic mass is 10.2. The minimum Gasteiger partial charge on any atom is -0.459 e. The summed E-state index contributed by atoms with van der Waals surface area (Å²) in [6.45, 7) is 1.91. The summed E-state index contributed by atoms with van der Waals surface area (Å²) in [6.07, 6.45) is 0. The van der Waals surface area contributed by atoms with Gasteiger partial charge in [0.1, 0.15) is 11.5 Å². The minimum atomic E-state index is -0.0531. The fourth-order valence-electron chi connectivity index (χ4n) is 1.37. The molecule has 0 bridgehead atoms. The molecule has 1 unspecified atom stereocenters. The van der Waals surface area contributed by atoms with Crippen LogP contribution in [0.5, 0.6) is 0 Å². The van der Waals surface area contributed by atoms with Gasteiger partial charge in [-0.2, -0.15) is 0 Å². The van der Waals surface area contributed by atoms with Crippen molar-refractivity contribution in [2.45, 2.75) is 13.0 Å². The maximum atomic E-state index is 5.73. The van der Waals surface area contributed by atoms with E-state index >= 15 is 0 Å². The number of hydrogen-bond acceptors (Lipinski definition) is 2. The minimum absolute atomic E-state index is 0.0531. The topological polar surface area (TPSA) is 39.2 Å². The van der Waals surface area contributed by atoms with Crippen LogP contribution in [0.3, 0.4) is 0 Å². The number of furan rings is 1. The van der Waals surface area contributed by atoms with Crippen molar-refractivity contribution in [1.82, 2.24) is 0 Å². The zero-order chi connectivity index (χ0) is 10.8. The Hall–Kier alpha value is -0.810. The van der Waals surface area contributed by atoms with E-state index in [1.165, 1.54) is 3.57 Å². The van der Waals surface area contributed by atoms with Crippen molar-refractivity contribution < 1.29 is 4.42 Å². The molecule has 3 heteroatoms. The van der Waals surface area contributed by atoms with E-state index in [1.807, 2.05) is 31.2 Å². The van der Waals surface area contributed by atoms with Crippen LogP contribution in [0.4, 0.5) is 0 Å². The summed E-state index contributed by atoms with van der Waals surface area (Å²) in [6, 6.07) is 12.0. The summed E-state index contributed by atoms with van der Waals surface area (Å²) in [4.78, 5) is 0. The molecule has 0 saturated carbocycles. The molecule has 2 aromatic rings. The predicted molar refractivity (Wildman–Crippen MR) is 69.5 cm³/mol. The molecule has 15 heavy (non-hydrogen) atoms. The Bertz CT molecular complexity index is 445. The van der Waals surface area contributed by atoms with Gasteiger partial charge in [-0.15, -0.1) is 0 Å². The molecule has 0 fully saturated rings. The van der Waals surface area contributed by atoms with Gasteiger partial charge in [-0.1, -0.05) is 12.1 Å². The van der Waals surface area contributed by atoms with Gasteiger partial charge in [0.2, 0.25) is 0 Å². The van der Waals surface area contributed by atoms with Crippen molar-refractivity contribution in [3.05, 3.63) is 45.7 Å². The standard InChI is InChI=1S/C12H12INO/c1-8(14)11-6-7-12(15-11)9-2-4-10(13)5-3-9/h2-8H,14H2,1H3. The van der Waals surface area contributed by atoms with E-state index in [-0.39, 0.29) is 6.04 Å². The molecule has 0 aliphatic carbocycles. The Morgan fingerprint density at radius 2 is 1.80 bits per heavy atom. The van der Waals surface area contributed by atoms with Crippen molar-refractivity contribution in [1.29, 1.82) is 0 Å². The highest BCUT2D eigenvalue weighted by molar-refractivity contribution is 14.1. The van der Waals surface area contributed by atoms with Crippen LogP contribution in [0.2, 0.25) is 0 Å². The third kappa shape index (κ3) is 2.41. The molecule has 2 N–H and O–H groups in total. The molecule has 1 aromatic heterocycles. The Morgan fingerprint density at radius 1 is 1.13 bits per heavy atom. The molecule has 1 atom stereocenters. The van der Waals surface area contributed by atoms with Gasteiger partial charge in [-0.05, 0) is 53.8 Å². The second-order valence-electron chi connectivity index (χ2n) is 3.50. The van der Waals surface area contributed by atoms with E-state index in [0.29, 0.717) is 0 Å². The normalized spacial score (nSPS) is 12.7. The monoisotopic (exact) mass is 313 g/mol. The number of halogens is 1. The number of rotatable bonds is 2. The third-order valence-corrected chi connectivity index (χ3v) is 2.92. The van der Waals surface area contributed by atoms with Crippen LogP contribution in [0.15, 0.2) is 40.8 Å². The zero-order valence-electron chi connectivity index (χ0n) is 8.41. The number of nitrogens with two attached hydrogens (primary N) is 1. The summed E-state index contributed by atoms with van der Waals surface area (Å²) in [5.74, 6) is 1.70. The van der Waals surface area contributed by atoms with E-state index in [9.17, 15) is 0 Å². The number of hydrogen-bond donors (Lipinski definition) is 1. The van der Waals surface area contributed by atoms with E-state index in [0.717, 1.165) is 17.1 Å². The largest absolute Gasteiger partial charge is 0.459 e. The molecular formula is C12H12INO. The molecule has 0 aliphatic rings. The maximum absolute atomic E-state index is 5.73. The fourth-order valence-corrected chi connectivity index (χ4v) is 1.73. The van der Waals surface area contributed by atoms with Gasteiger partial charge < -0.3 is 10.2 Å². The SMILES string of the molecule is CC(N)c1ccc(-c2ccc(I)cc2)o1. The van der Waals surface area contributed by atoms with Gasteiger partial charge in [0.15, 0.2) is 0 Å². The van der Waals surface area contributed by atoms with Crippen molar-refractivity contribution >= 4 is 22.6 Å². The van der Waals surface area contributed by atoms with Crippen molar-refractivity contribution in [2.75, 3.05) is 0 Å². The lowest BCUT2D eigenvalue weighted by molar-refractivity contribution is 0.491. The van der Waals surface area contributed by atoms with Crippen molar-refractivity contribution in [3.63, 3.8) is 0 Å². The van der Waals surface area contributed by atoms with Gasteiger partial charge in [-0.3, -0.25) is 0 Å². The van der Waals surface area contributed by atoms with Crippen LogP contribution in [0.25, 0.3) is 11.3 Å². The summed E-state index contributed by atoms with van der Waals surface area (Å²) >= 11 is 2.28. The van der Waals surface area contributed by atoms with Crippen molar-refractivity contribution in [3.8, 4) is 11.3 Å². The van der Waals surface area contributed by atoms with Crippen LogP contribution in [0.1, 0.15) is 18.7 Å². The highest BCUT2D eigenvalue weighted by Crippen LogP contribution is 2.24. The number of benzene rings is 1. The van der Waals surface area contributed by atoms with Crippen LogP contribution < -0.4 is 5.73 Å². The first kappa shape index (κ1) is 10.7. The Kier molecular flexibility index (Phi) is 3.11. The molecule has 1 aromatic carbocycles. The molecule has 0 aliphatic heterocycles. The van der Waals surface area contributed by atoms with E-state index in [4.69, 9.17) is 10.2 Å². The van der Waals surface area contributed by atoms with E-state index in [2.05, 4.69) is 34.7 Å². The smallest absolute Gasteiger partial charge is 0.134 e. The lowest BCUT2D eigenvalue weighted by Gasteiger charge is -2.00. The average Bonchev–Trinajstić information content (AvgIpc) is 2.68.